The molecule has 0 spiro atoms. The van der Waals surface area contributed by atoms with Gasteiger partial charge in [0.25, 0.3) is 0 Å². The third-order valence-electron chi connectivity index (χ3n) is 2.28. The quantitative estimate of drug-likeness (QED) is 0.529. The highest BCUT2D eigenvalue weighted by molar-refractivity contribution is 5.99. The van der Waals surface area contributed by atoms with E-state index in [0.29, 0.717) is 0 Å². The molecule has 1 rings (SSSR count). The van der Waals surface area contributed by atoms with Gasteiger partial charge in [0, 0.05) is 6.42 Å². The van der Waals surface area contributed by atoms with Crippen LogP contribution < -0.4 is 0 Å². The topological polar surface area (TPSA) is 61.8 Å². The molecule has 1 atom stereocenters. The first-order valence-electron chi connectivity index (χ1n) is 4.73. The number of carbonyl (C=O) groups is 2. The van der Waals surface area contributed by atoms with Crippen LogP contribution in [0.5, 0.6) is 0 Å². The molecule has 0 amide bonds. The molecule has 0 aromatic heterocycles. The van der Waals surface area contributed by atoms with Crippen LogP contribution in [0.3, 0.4) is 0 Å². The minimum absolute atomic E-state index is 0.0812. The summed E-state index contributed by atoms with van der Waals surface area (Å²) in [5.74, 6) is -1.34. The SMILES string of the molecule is C=C(C)C1CC(C(=O)OC)=C(C(=O)OC)O1. The zero-order chi connectivity index (χ0) is 12.3. The molecule has 88 valence electrons. The number of carbonyl (C=O) groups excluding carboxylic acids is 2. The maximum absolute atomic E-state index is 11.4. The van der Waals surface area contributed by atoms with Crippen LogP contribution in [0.1, 0.15) is 13.3 Å². The Morgan fingerprint density at radius 2 is 1.88 bits per heavy atom. The molecule has 0 aromatic carbocycles. The minimum Gasteiger partial charge on any atom is -0.478 e. The highest BCUT2D eigenvalue weighted by Crippen LogP contribution is 2.30. The molecule has 0 radical (unpaired) electrons. The average Bonchev–Trinajstić information content (AvgIpc) is 2.71. The van der Waals surface area contributed by atoms with Gasteiger partial charge in [0.1, 0.15) is 6.10 Å². The lowest BCUT2D eigenvalue weighted by Crippen LogP contribution is -2.12. The Morgan fingerprint density at radius 3 is 2.31 bits per heavy atom. The summed E-state index contributed by atoms with van der Waals surface area (Å²) < 4.78 is 14.4. The summed E-state index contributed by atoms with van der Waals surface area (Å²) in [6.45, 7) is 5.48. The van der Waals surface area contributed by atoms with Gasteiger partial charge >= 0.3 is 11.9 Å². The molecular formula is C11H14O5. The van der Waals surface area contributed by atoms with Crippen LogP contribution in [0.25, 0.3) is 0 Å². The van der Waals surface area contributed by atoms with Crippen LogP contribution in [-0.2, 0) is 23.8 Å². The van der Waals surface area contributed by atoms with Gasteiger partial charge in [-0.05, 0) is 12.5 Å². The van der Waals surface area contributed by atoms with E-state index in [1.165, 1.54) is 14.2 Å². The second-order valence-corrected chi connectivity index (χ2v) is 3.45. The van der Waals surface area contributed by atoms with E-state index in [-0.39, 0.29) is 23.9 Å². The highest BCUT2D eigenvalue weighted by atomic mass is 16.6. The third-order valence-corrected chi connectivity index (χ3v) is 2.28. The maximum atomic E-state index is 11.4. The second-order valence-electron chi connectivity index (χ2n) is 3.45. The van der Waals surface area contributed by atoms with Crippen LogP contribution >= 0.6 is 0 Å². The molecule has 1 aliphatic rings. The molecule has 0 N–H and O–H groups in total. The molecule has 16 heavy (non-hydrogen) atoms. The summed E-state index contributed by atoms with van der Waals surface area (Å²) in [7, 11) is 2.47. The van der Waals surface area contributed by atoms with Gasteiger partial charge in [-0.25, -0.2) is 9.59 Å². The molecule has 0 bridgehead atoms. The van der Waals surface area contributed by atoms with E-state index in [1.54, 1.807) is 6.92 Å². The predicted octanol–water partition coefficient (Wildman–Crippen LogP) is 0.952. The molecule has 0 aliphatic carbocycles. The van der Waals surface area contributed by atoms with Gasteiger partial charge in [-0.3, -0.25) is 0 Å². The Morgan fingerprint density at radius 1 is 1.31 bits per heavy atom. The third kappa shape index (κ3) is 2.24. The fraction of sp³-hybridized carbons (Fsp3) is 0.455. The molecule has 1 unspecified atom stereocenters. The number of esters is 2. The average molecular weight is 226 g/mol. The van der Waals surface area contributed by atoms with E-state index < -0.39 is 11.9 Å². The summed E-state index contributed by atoms with van der Waals surface area (Å²) in [6, 6.07) is 0. The predicted molar refractivity (Wildman–Crippen MR) is 55.4 cm³/mol. The number of methoxy groups -OCH3 is 2. The summed E-state index contributed by atoms with van der Waals surface area (Å²) in [6.07, 6.45) is -0.0879. The Kier molecular flexibility index (Phi) is 3.71. The largest absolute Gasteiger partial charge is 0.478 e. The van der Waals surface area contributed by atoms with Crippen molar-refractivity contribution < 1.29 is 23.8 Å². The first kappa shape index (κ1) is 12.3. The number of ether oxygens (including phenoxy) is 3. The molecule has 1 aliphatic heterocycles. The first-order chi connectivity index (χ1) is 7.51. The van der Waals surface area contributed by atoms with Crippen LogP contribution in [-0.4, -0.2) is 32.3 Å². The lowest BCUT2D eigenvalue weighted by Gasteiger charge is -2.10. The molecule has 5 heteroatoms. The first-order valence-corrected chi connectivity index (χ1v) is 4.73. The van der Waals surface area contributed by atoms with Crippen molar-refractivity contribution in [1.29, 1.82) is 0 Å². The Labute approximate surface area is 93.7 Å². The van der Waals surface area contributed by atoms with E-state index in [9.17, 15) is 9.59 Å². The summed E-state index contributed by atoms with van der Waals surface area (Å²) >= 11 is 0. The maximum Gasteiger partial charge on any atom is 0.373 e. The van der Waals surface area contributed by atoms with E-state index in [0.717, 1.165) is 5.57 Å². The van der Waals surface area contributed by atoms with E-state index >= 15 is 0 Å². The van der Waals surface area contributed by atoms with Crippen molar-refractivity contribution in [1.82, 2.24) is 0 Å². The zero-order valence-electron chi connectivity index (χ0n) is 9.53. The van der Waals surface area contributed by atoms with Crippen molar-refractivity contribution in [2.75, 3.05) is 14.2 Å². The molecule has 1 heterocycles. The number of hydrogen-bond acceptors (Lipinski definition) is 5. The van der Waals surface area contributed by atoms with Gasteiger partial charge in [-0.1, -0.05) is 6.58 Å². The van der Waals surface area contributed by atoms with Gasteiger partial charge in [-0.2, -0.15) is 0 Å². The fourth-order valence-corrected chi connectivity index (χ4v) is 1.37. The normalized spacial score (nSPS) is 19.1. The van der Waals surface area contributed by atoms with E-state index in [1.807, 2.05) is 0 Å². The number of hydrogen-bond donors (Lipinski definition) is 0. The second kappa shape index (κ2) is 4.83. The molecular weight excluding hydrogens is 212 g/mol. The summed E-state index contributed by atoms with van der Waals surface area (Å²) in [4.78, 5) is 22.8. The van der Waals surface area contributed by atoms with Gasteiger partial charge in [0.15, 0.2) is 0 Å². The number of rotatable bonds is 3. The Balaban J connectivity index is 2.98. The van der Waals surface area contributed by atoms with Gasteiger partial charge < -0.3 is 14.2 Å². The standard InChI is InChI=1S/C11H14O5/c1-6(2)8-5-7(10(12)14-3)9(16-8)11(13)15-4/h8H,1,5H2,2-4H3. The van der Waals surface area contributed by atoms with Crippen molar-refractivity contribution >= 4 is 11.9 Å². The Bertz CT molecular complexity index is 339. The van der Waals surface area contributed by atoms with Gasteiger partial charge in [-0.15, -0.1) is 0 Å². The lowest BCUT2D eigenvalue weighted by molar-refractivity contribution is -0.141. The Hall–Kier alpha value is -1.78. The smallest absolute Gasteiger partial charge is 0.373 e. The van der Waals surface area contributed by atoms with Gasteiger partial charge in [0.2, 0.25) is 5.76 Å². The van der Waals surface area contributed by atoms with E-state index in [2.05, 4.69) is 16.1 Å². The van der Waals surface area contributed by atoms with Crippen molar-refractivity contribution in [3.63, 3.8) is 0 Å². The molecule has 0 fully saturated rings. The van der Waals surface area contributed by atoms with Crippen molar-refractivity contribution in [2.24, 2.45) is 0 Å². The summed E-state index contributed by atoms with van der Waals surface area (Å²) in [5.41, 5.74) is 0.933. The van der Waals surface area contributed by atoms with Crippen molar-refractivity contribution in [3.05, 3.63) is 23.5 Å². The van der Waals surface area contributed by atoms with Gasteiger partial charge in [0.05, 0.1) is 19.8 Å². The monoisotopic (exact) mass is 226 g/mol. The van der Waals surface area contributed by atoms with Crippen molar-refractivity contribution in [2.45, 2.75) is 19.4 Å². The van der Waals surface area contributed by atoms with E-state index in [4.69, 9.17) is 4.74 Å². The zero-order valence-corrected chi connectivity index (χ0v) is 9.53. The van der Waals surface area contributed by atoms with Crippen LogP contribution in [0.15, 0.2) is 23.5 Å². The lowest BCUT2D eigenvalue weighted by atomic mass is 10.1. The van der Waals surface area contributed by atoms with Crippen LogP contribution in [0, 0.1) is 0 Å². The fourth-order valence-electron chi connectivity index (χ4n) is 1.37. The molecule has 0 saturated heterocycles. The molecule has 0 saturated carbocycles. The minimum atomic E-state index is -0.677. The van der Waals surface area contributed by atoms with Crippen LogP contribution in [0.2, 0.25) is 0 Å². The highest BCUT2D eigenvalue weighted by Gasteiger charge is 2.35. The molecule has 5 nitrogen and oxygen atoms in total. The van der Waals surface area contributed by atoms with Crippen LogP contribution in [0.4, 0.5) is 0 Å². The van der Waals surface area contributed by atoms with Crippen molar-refractivity contribution in [3.8, 4) is 0 Å². The molecule has 0 aromatic rings. The summed E-state index contributed by atoms with van der Waals surface area (Å²) in [5, 5.41) is 0.